The molecule has 128 valence electrons. The van der Waals surface area contributed by atoms with Crippen LogP contribution in [-0.4, -0.2) is 33.4 Å². The van der Waals surface area contributed by atoms with Crippen molar-refractivity contribution in [3.8, 4) is 0 Å². The van der Waals surface area contributed by atoms with Crippen molar-refractivity contribution in [2.75, 3.05) is 13.1 Å². The van der Waals surface area contributed by atoms with Crippen LogP contribution in [0, 0.1) is 13.8 Å². The van der Waals surface area contributed by atoms with E-state index in [2.05, 4.69) is 45.6 Å². The zero-order valence-corrected chi connectivity index (χ0v) is 14.7. The highest BCUT2D eigenvalue weighted by molar-refractivity contribution is 5.76. The van der Waals surface area contributed by atoms with E-state index in [0.717, 1.165) is 38.3 Å². The summed E-state index contributed by atoms with van der Waals surface area (Å²) in [6.45, 7) is 6.81. The van der Waals surface area contributed by atoms with E-state index in [4.69, 9.17) is 0 Å². The fraction of sp³-hybridized carbons (Fsp3) is 0.500. The van der Waals surface area contributed by atoms with E-state index in [0.29, 0.717) is 18.2 Å². The van der Waals surface area contributed by atoms with Crippen LogP contribution < -0.4 is 0 Å². The Bertz CT molecular complexity index is 692. The highest BCUT2D eigenvalue weighted by Crippen LogP contribution is 2.29. The van der Waals surface area contributed by atoms with Gasteiger partial charge in [0.25, 0.3) is 0 Å². The third-order valence-corrected chi connectivity index (χ3v) is 5.12. The van der Waals surface area contributed by atoms with Crippen LogP contribution in [0.5, 0.6) is 0 Å². The van der Waals surface area contributed by atoms with Crippen LogP contribution in [0.3, 0.4) is 0 Å². The maximum atomic E-state index is 12.6. The molecule has 0 spiro atoms. The number of aromatic nitrogens is 2. The number of nitrogens with zero attached hydrogens (tertiary/aromatic N) is 3. The van der Waals surface area contributed by atoms with E-state index in [-0.39, 0.29) is 0 Å². The molecular formula is C20H27N3O. The van der Waals surface area contributed by atoms with Gasteiger partial charge < -0.3 is 9.47 Å². The van der Waals surface area contributed by atoms with Crippen LogP contribution in [0.2, 0.25) is 0 Å². The first kappa shape index (κ1) is 16.7. The van der Waals surface area contributed by atoms with Gasteiger partial charge in [-0.05, 0) is 44.2 Å². The number of carbonyl (C=O) groups excluding carboxylic acids is 1. The summed E-state index contributed by atoms with van der Waals surface area (Å²) in [5, 5.41) is 0. The fourth-order valence-corrected chi connectivity index (χ4v) is 3.70. The molecule has 1 atom stereocenters. The molecule has 4 heteroatoms. The van der Waals surface area contributed by atoms with Crippen molar-refractivity contribution in [3.63, 3.8) is 0 Å². The standard InChI is InChI=1S/C20H27N3O/c1-16-7-3-4-9-19(16)18-8-5-13-23(15-18)20(24)10-6-12-22-14-11-21-17(22)2/h3-4,7,9,11,14,18H,5-6,8,10,12-13,15H2,1-2H3/t18-/m1/s1. The molecule has 4 nitrogen and oxygen atoms in total. The average molecular weight is 325 g/mol. The Hall–Kier alpha value is -2.10. The number of carbonyl (C=O) groups is 1. The van der Waals surface area contributed by atoms with Crippen LogP contribution in [0.4, 0.5) is 0 Å². The topological polar surface area (TPSA) is 38.1 Å². The zero-order valence-electron chi connectivity index (χ0n) is 14.7. The second-order valence-corrected chi connectivity index (χ2v) is 6.81. The van der Waals surface area contributed by atoms with Crippen molar-refractivity contribution < 1.29 is 4.79 Å². The summed E-state index contributed by atoms with van der Waals surface area (Å²) in [5.74, 6) is 1.80. The van der Waals surface area contributed by atoms with Gasteiger partial charge in [0, 0.05) is 44.4 Å². The molecule has 1 amide bonds. The summed E-state index contributed by atoms with van der Waals surface area (Å²) in [6, 6.07) is 8.58. The van der Waals surface area contributed by atoms with Crippen molar-refractivity contribution >= 4 is 5.91 Å². The van der Waals surface area contributed by atoms with E-state index in [1.165, 1.54) is 17.5 Å². The molecule has 1 aliphatic rings. The van der Waals surface area contributed by atoms with Crippen LogP contribution in [0.25, 0.3) is 0 Å². The van der Waals surface area contributed by atoms with E-state index in [1.54, 1.807) is 0 Å². The number of amides is 1. The molecule has 2 aromatic rings. The van der Waals surface area contributed by atoms with Gasteiger partial charge in [0.15, 0.2) is 0 Å². The largest absolute Gasteiger partial charge is 0.342 e. The summed E-state index contributed by atoms with van der Waals surface area (Å²) in [5.41, 5.74) is 2.75. The first-order valence-electron chi connectivity index (χ1n) is 8.96. The minimum absolute atomic E-state index is 0.297. The first-order valence-corrected chi connectivity index (χ1v) is 8.96. The summed E-state index contributed by atoms with van der Waals surface area (Å²) in [4.78, 5) is 18.9. The van der Waals surface area contributed by atoms with Crippen LogP contribution >= 0.6 is 0 Å². The van der Waals surface area contributed by atoms with Crippen molar-refractivity contribution in [1.29, 1.82) is 0 Å². The van der Waals surface area contributed by atoms with Gasteiger partial charge in [-0.1, -0.05) is 24.3 Å². The summed E-state index contributed by atoms with van der Waals surface area (Å²) in [7, 11) is 0. The lowest BCUT2D eigenvalue weighted by Crippen LogP contribution is -2.39. The Balaban J connectivity index is 1.53. The predicted octanol–water partition coefficient (Wildman–Crippen LogP) is 3.69. The van der Waals surface area contributed by atoms with Crippen LogP contribution in [0.15, 0.2) is 36.7 Å². The molecule has 0 radical (unpaired) electrons. The van der Waals surface area contributed by atoms with Crippen molar-refractivity contribution in [3.05, 3.63) is 53.6 Å². The van der Waals surface area contributed by atoms with Gasteiger partial charge in [0.2, 0.25) is 5.91 Å². The summed E-state index contributed by atoms with van der Waals surface area (Å²) >= 11 is 0. The van der Waals surface area contributed by atoms with E-state index >= 15 is 0 Å². The van der Waals surface area contributed by atoms with E-state index < -0.39 is 0 Å². The third-order valence-electron chi connectivity index (χ3n) is 5.12. The van der Waals surface area contributed by atoms with E-state index in [1.807, 2.05) is 19.3 Å². The number of rotatable bonds is 5. The Morgan fingerprint density at radius 1 is 1.29 bits per heavy atom. The smallest absolute Gasteiger partial charge is 0.222 e. The molecule has 0 aliphatic carbocycles. The molecule has 1 aromatic heterocycles. The second-order valence-electron chi connectivity index (χ2n) is 6.81. The van der Waals surface area contributed by atoms with Gasteiger partial charge in [0.1, 0.15) is 5.82 Å². The van der Waals surface area contributed by atoms with Crippen molar-refractivity contribution in [1.82, 2.24) is 14.5 Å². The maximum absolute atomic E-state index is 12.6. The van der Waals surface area contributed by atoms with Crippen LogP contribution in [-0.2, 0) is 11.3 Å². The SMILES string of the molecule is Cc1ccccc1[C@@H]1CCCN(C(=O)CCCn2ccnc2C)C1. The Morgan fingerprint density at radius 2 is 2.12 bits per heavy atom. The highest BCUT2D eigenvalue weighted by atomic mass is 16.2. The zero-order chi connectivity index (χ0) is 16.9. The summed E-state index contributed by atoms with van der Waals surface area (Å²) in [6.07, 6.45) is 7.58. The number of piperidine rings is 1. The molecule has 0 bridgehead atoms. The number of aryl methyl sites for hydroxylation is 3. The third kappa shape index (κ3) is 3.86. The molecule has 1 aliphatic heterocycles. The fourth-order valence-electron chi connectivity index (χ4n) is 3.70. The number of imidazole rings is 1. The minimum Gasteiger partial charge on any atom is -0.342 e. The predicted molar refractivity (Wildman–Crippen MR) is 95.9 cm³/mol. The molecule has 1 aromatic carbocycles. The molecule has 2 heterocycles. The first-order chi connectivity index (χ1) is 11.6. The monoisotopic (exact) mass is 325 g/mol. The minimum atomic E-state index is 0.297. The molecule has 0 unspecified atom stereocenters. The van der Waals surface area contributed by atoms with Gasteiger partial charge in [-0.2, -0.15) is 0 Å². The average Bonchev–Trinajstić information content (AvgIpc) is 3.00. The number of hydrogen-bond donors (Lipinski definition) is 0. The number of hydrogen-bond acceptors (Lipinski definition) is 2. The highest BCUT2D eigenvalue weighted by Gasteiger charge is 2.25. The molecular weight excluding hydrogens is 298 g/mol. The normalized spacial score (nSPS) is 17.9. The van der Waals surface area contributed by atoms with Gasteiger partial charge in [-0.15, -0.1) is 0 Å². The van der Waals surface area contributed by atoms with Crippen LogP contribution in [0.1, 0.15) is 48.6 Å². The van der Waals surface area contributed by atoms with Gasteiger partial charge in [-0.3, -0.25) is 4.79 Å². The Kier molecular flexibility index (Phi) is 5.34. The molecule has 24 heavy (non-hydrogen) atoms. The quantitative estimate of drug-likeness (QED) is 0.841. The molecule has 0 N–H and O–H groups in total. The molecule has 1 saturated heterocycles. The maximum Gasteiger partial charge on any atom is 0.222 e. The van der Waals surface area contributed by atoms with Gasteiger partial charge in [0.05, 0.1) is 0 Å². The second kappa shape index (κ2) is 7.65. The lowest BCUT2D eigenvalue weighted by molar-refractivity contribution is -0.132. The Morgan fingerprint density at radius 3 is 2.88 bits per heavy atom. The molecule has 0 saturated carbocycles. The van der Waals surface area contributed by atoms with Crippen molar-refractivity contribution in [2.45, 2.75) is 52.0 Å². The van der Waals surface area contributed by atoms with Crippen molar-refractivity contribution in [2.24, 2.45) is 0 Å². The molecule has 3 rings (SSSR count). The summed E-state index contributed by atoms with van der Waals surface area (Å²) < 4.78 is 2.11. The number of benzene rings is 1. The Labute approximate surface area is 144 Å². The van der Waals surface area contributed by atoms with Gasteiger partial charge >= 0.3 is 0 Å². The number of likely N-dealkylation sites (tertiary alicyclic amines) is 1. The molecule has 1 fully saturated rings. The van der Waals surface area contributed by atoms with E-state index in [9.17, 15) is 4.79 Å². The lowest BCUT2D eigenvalue weighted by atomic mass is 9.88. The van der Waals surface area contributed by atoms with Gasteiger partial charge in [-0.25, -0.2) is 4.98 Å². The lowest BCUT2D eigenvalue weighted by Gasteiger charge is -2.34.